The fraction of sp³-hybridized carbons (Fsp3) is 0.316. The Morgan fingerprint density at radius 3 is 2.18 bits per heavy atom. The number of hydrogen-bond acceptors (Lipinski definition) is 6. The van der Waals surface area contributed by atoms with Gasteiger partial charge >= 0.3 is 0 Å². The molecule has 2 aromatic carbocycles. The third kappa shape index (κ3) is 4.44. The van der Waals surface area contributed by atoms with E-state index in [1.807, 2.05) is 60.7 Å². The summed E-state index contributed by atoms with van der Waals surface area (Å²) in [5.74, 6) is 0.628. The molecule has 146 valence electrons. The van der Waals surface area contributed by atoms with Crippen molar-refractivity contribution < 1.29 is 8.42 Å². The van der Waals surface area contributed by atoms with E-state index in [0.717, 1.165) is 11.1 Å². The Morgan fingerprint density at radius 2 is 1.50 bits per heavy atom. The molecule has 28 heavy (non-hydrogen) atoms. The van der Waals surface area contributed by atoms with Gasteiger partial charge in [-0.3, -0.25) is 4.90 Å². The van der Waals surface area contributed by atoms with Crippen molar-refractivity contribution in [2.24, 2.45) is 0 Å². The van der Waals surface area contributed by atoms with Crippen molar-refractivity contribution in [1.29, 1.82) is 0 Å². The zero-order chi connectivity index (χ0) is 19.4. The highest BCUT2D eigenvalue weighted by Crippen LogP contribution is 2.15. The fourth-order valence-electron chi connectivity index (χ4n) is 3.21. The summed E-state index contributed by atoms with van der Waals surface area (Å²) < 4.78 is 26.9. The van der Waals surface area contributed by atoms with Gasteiger partial charge in [0.2, 0.25) is 15.8 Å². The first-order chi connectivity index (χ1) is 13.6. The van der Waals surface area contributed by atoms with Crippen molar-refractivity contribution in [3.8, 4) is 11.4 Å². The molecule has 1 aromatic heterocycles. The van der Waals surface area contributed by atoms with Crippen LogP contribution in [-0.2, 0) is 22.4 Å². The largest absolute Gasteiger partial charge is 0.280 e. The van der Waals surface area contributed by atoms with E-state index in [1.165, 1.54) is 0 Å². The van der Waals surface area contributed by atoms with Crippen LogP contribution in [0.4, 0.5) is 0 Å². The molecular formula is C19H22N6O2S. The Kier molecular flexibility index (Phi) is 5.47. The molecular weight excluding hydrogens is 376 g/mol. The topological polar surface area (TPSA) is 84.2 Å². The number of piperazine rings is 1. The predicted octanol–water partition coefficient (Wildman–Crippen LogP) is 1.45. The molecule has 1 aliphatic rings. The number of benzene rings is 2. The van der Waals surface area contributed by atoms with Gasteiger partial charge < -0.3 is 0 Å². The highest BCUT2D eigenvalue weighted by molar-refractivity contribution is 7.88. The summed E-state index contributed by atoms with van der Waals surface area (Å²) in [6.45, 7) is 2.70. The van der Waals surface area contributed by atoms with Crippen LogP contribution in [0.2, 0.25) is 0 Å². The maximum Gasteiger partial charge on any atom is 0.218 e. The van der Waals surface area contributed by atoms with E-state index in [1.54, 1.807) is 9.10 Å². The number of tetrazole rings is 1. The van der Waals surface area contributed by atoms with Crippen LogP contribution in [0.25, 0.3) is 11.4 Å². The fourth-order valence-corrected chi connectivity index (χ4v) is 4.73. The van der Waals surface area contributed by atoms with Gasteiger partial charge in [0.1, 0.15) is 6.67 Å². The summed E-state index contributed by atoms with van der Waals surface area (Å²) in [4.78, 5) is 3.68. The van der Waals surface area contributed by atoms with Crippen LogP contribution in [0.5, 0.6) is 0 Å². The number of hydrogen-bond donors (Lipinski definition) is 0. The third-order valence-electron chi connectivity index (χ3n) is 4.73. The first kappa shape index (κ1) is 18.7. The first-order valence-electron chi connectivity index (χ1n) is 9.17. The van der Waals surface area contributed by atoms with Gasteiger partial charge in [0.25, 0.3) is 0 Å². The standard InChI is InChI=1S/C19H22N6O2S/c26-28(27,15-17-7-3-1-4-8-17)24-13-11-23(12-14-24)16-25-21-19(20-22-25)18-9-5-2-6-10-18/h1-10H,11-16H2. The van der Waals surface area contributed by atoms with Crippen molar-refractivity contribution >= 4 is 10.0 Å². The normalized spacial score (nSPS) is 16.3. The van der Waals surface area contributed by atoms with Gasteiger partial charge in [-0.25, -0.2) is 8.42 Å². The quantitative estimate of drug-likeness (QED) is 0.625. The second-order valence-corrected chi connectivity index (χ2v) is 8.72. The first-order valence-corrected chi connectivity index (χ1v) is 10.8. The molecule has 0 spiro atoms. The van der Waals surface area contributed by atoms with E-state index in [-0.39, 0.29) is 5.75 Å². The Morgan fingerprint density at radius 1 is 0.857 bits per heavy atom. The Hall–Kier alpha value is -2.62. The van der Waals surface area contributed by atoms with Crippen molar-refractivity contribution in [2.45, 2.75) is 12.4 Å². The minimum atomic E-state index is -3.31. The number of nitrogens with zero attached hydrogens (tertiary/aromatic N) is 6. The van der Waals surface area contributed by atoms with Gasteiger partial charge in [-0.05, 0) is 10.8 Å². The maximum atomic E-state index is 12.6. The van der Waals surface area contributed by atoms with Crippen LogP contribution in [0.15, 0.2) is 60.7 Å². The summed E-state index contributed by atoms with van der Waals surface area (Å²) in [6.07, 6.45) is 0. The molecule has 0 bridgehead atoms. The average Bonchev–Trinajstić information content (AvgIpc) is 3.18. The van der Waals surface area contributed by atoms with Crippen LogP contribution in [0, 0.1) is 0 Å². The van der Waals surface area contributed by atoms with E-state index < -0.39 is 10.0 Å². The number of rotatable bonds is 6. The van der Waals surface area contributed by atoms with Crippen molar-refractivity contribution in [3.05, 3.63) is 66.2 Å². The molecule has 0 radical (unpaired) electrons. The van der Waals surface area contributed by atoms with Crippen LogP contribution >= 0.6 is 0 Å². The van der Waals surface area contributed by atoms with E-state index in [2.05, 4.69) is 20.3 Å². The van der Waals surface area contributed by atoms with E-state index in [4.69, 9.17) is 0 Å². The van der Waals surface area contributed by atoms with Gasteiger partial charge in [0.05, 0.1) is 5.75 Å². The Bertz CT molecular complexity index is 999. The van der Waals surface area contributed by atoms with Gasteiger partial charge in [0.15, 0.2) is 0 Å². The molecule has 1 aliphatic heterocycles. The molecule has 0 unspecified atom stereocenters. The van der Waals surface area contributed by atoms with Crippen molar-refractivity contribution in [1.82, 2.24) is 29.4 Å². The molecule has 8 nitrogen and oxygen atoms in total. The average molecular weight is 398 g/mol. The molecule has 4 rings (SSSR count). The molecule has 1 saturated heterocycles. The van der Waals surface area contributed by atoms with Gasteiger partial charge in [-0.15, -0.1) is 15.0 Å². The number of sulfonamides is 1. The zero-order valence-electron chi connectivity index (χ0n) is 15.4. The summed E-state index contributed by atoms with van der Waals surface area (Å²) in [5, 5.41) is 12.6. The van der Waals surface area contributed by atoms with Crippen LogP contribution in [0.3, 0.4) is 0 Å². The number of aromatic nitrogens is 4. The molecule has 3 aromatic rings. The van der Waals surface area contributed by atoms with Crippen molar-refractivity contribution in [3.63, 3.8) is 0 Å². The van der Waals surface area contributed by atoms with Gasteiger partial charge in [-0.2, -0.15) is 4.31 Å². The van der Waals surface area contributed by atoms with Gasteiger partial charge in [0, 0.05) is 31.7 Å². The van der Waals surface area contributed by atoms with Crippen LogP contribution in [-0.4, -0.2) is 64.0 Å². The molecule has 0 N–H and O–H groups in total. The smallest absolute Gasteiger partial charge is 0.218 e. The van der Waals surface area contributed by atoms with Gasteiger partial charge in [-0.1, -0.05) is 60.7 Å². The van der Waals surface area contributed by atoms with E-state index in [9.17, 15) is 8.42 Å². The lowest BCUT2D eigenvalue weighted by molar-refractivity contribution is 0.136. The van der Waals surface area contributed by atoms with Crippen molar-refractivity contribution in [2.75, 3.05) is 26.2 Å². The molecule has 1 fully saturated rings. The molecule has 0 aliphatic carbocycles. The zero-order valence-corrected chi connectivity index (χ0v) is 16.2. The minimum Gasteiger partial charge on any atom is -0.280 e. The highest BCUT2D eigenvalue weighted by Gasteiger charge is 2.27. The van der Waals surface area contributed by atoms with E-state index >= 15 is 0 Å². The highest BCUT2D eigenvalue weighted by atomic mass is 32.2. The lowest BCUT2D eigenvalue weighted by Gasteiger charge is -2.33. The molecule has 9 heteroatoms. The molecule has 2 heterocycles. The lowest BCUT2D eigenvalue weighted by atomic mass is 10.2. The second-order valence-electron chi connectivity index (χ2n) is 6.75. The summed E-state index contributed by atoms with van der Waals surface area (Å²) in [6, 6.07) is 19.0. The maximum absolute atomic E-state index is 12.6. The second kappa shape index (κ2) is 8.17. The Balaban J connectivity index is 1.33. The molecule has 0 saturated carbocycles. The SMILES string of the molecule is O=S(=O)(Cc1ccccc1)N1CCN(Cn2nnc(-c3ccccc3)n2)CC1. The minimum absolute atomic E-state index is 0.0406. The molecule has 0 amide bonds. The van der Waals surface area contributed by atoms with Crippen LogP contribution in [0.1, 0.15) is 5.56 Å². The predicted molar refractivity (Wildman–Crippen MR) is 105 cm³/mol. The summed E-state index contributed by atoms with van der Waals surface area (Å²) in [7, 11) is -3.31. The summed E-state index contributed by atoms with van der Waals surface area (Å²) in [5.41, 5.74) is 1.73. The molecule has 0 atom stereocenters. The lowest BCUT2D eigenvalue weighted by Crippen LogP contribution is -2.49. The Labute approximate surface area is 164 Å². The van der Waals surface area contributed by atoms with E-state index in [0.29, 0.717) is 38.7 Å². The monoisotopic (exact) mass is 398 g/mol. The van der Waals surface area contributed by atoms with Crippen LogP contribution < -0.4 is 0 Å². The summed E-state index contributed by atoms with van der Waals surface area (Å²) >= 11 is 0. The third-order valence-corrected chi connectivity index (χ3v) is 6.58.